The molecule has 4 rings (SSSR count). The van der Waals surface area contributed by atoms with Crippen molar-refractivity contribution in [3.63, 3.8) is 0 Å². The number of hydrogen-bond acceptors (Lipinski definition) is 4. The maximum Gasteiger partial charge on any atom is 0.266 e. The van der Waals surface area contributed by atoms with E-state index in [-0.39, 0.29) is 5.57 Å². The molecule has 5 nitrogen and oxygen atoms in total. The van der Waals surface area contributed by atoms with Crippen molar-refractivity contribution in [3.05, 3.63) is 89.3 Å². The van der Waals surface area contributed by atoms with Gasteiger partial charge in [-0.1, -0.05) is 41.9 Å². The SMILES string of the molecule is N#C/C(=C/c1ccc(-c2ccccc2Cl)o1)C(=O)Nc1cccc2cccnc12. The Labute approximate surface area is 171 Å². The highest BCUT2D eigenvalue weighted by molar-refractivity contribution is 6.33. The quantitative estimate of drug-likeness (QED) is 0.353. The number of carbonyl (C=O) groups is 1. The van der Waals surface area contributed by atoms with Crippen molar-refractivity contribution in [2.24, 2.45) is 0 Å². The first-order chi connectivity index (χ1) is 14.2. The van der Waals surface area contributed by atoms with Crippen molar-refractivity contribution in [1.82, 2.24) is 4.98 Å². The molecule has 0 bridgehead atoms. The molecule has 2 aromatic heterocycles. The molecule has 2 heterocycles. The average Bonchev–Trinajstić information content (AvgIpc) is 3.21. The highest BCUT2D eigenvalue weighted by Gasteiger charge is 2.14. The second kappa shape index (κ2) is 8.01. The number of carbonyl (C=O) groups excluding carboxylic acids is 1. The molecule has 0 aliphatic heterocycles. The lowest BCUT2D eigenvalue weighted by Crippen LogP contribution is -2.13. The molecule has 0 saturated heterocycles. The number of nitrogens with one attached hydrogen (secondary N) is 1. The largest absolute Gasteiger partial charge is 0.457 e. The molecule has 2 aromatic carbocycles. The second-order valence-corrected chi connectivity index (χ2v) is 6.59. The van der Waals surface area contributed by atoms with Crippen LogP contribution in [-0.4, -0.2) is 10.9 Å². The Morgan fingerprint density at radius 2 is 1.90 bits per heavy atom. The molecule has 0 aliphatic carbocycles. The van der Waals surface area contributed by atoms with E-state index in [0.29, 0.717) is 27.7 Å². The van der Waals surface area contributed by atoms with E-state index in [4.69, 9.17) is 16.0 Å². The maximum atomic E-state index is 12.6. The molecule has 1 amide bonds. The predicted molar refractivity (Wildman–Crippen MR) is 113 cm³/mol. The molecule has 0 saturated carbocycles. The van der Waals surface area contributed by atoms with Gasteiger partial charge in [-0.2, -0.15) is 5.26 Å². The van der Waals surface area contributed by atoms with Crippen LogP contribution >= 0.6 is 11.6 Å². The van der Waals surface area contributed by atoms with Crippen LogP contribution < -0.4 is 5.32 Å². The zero-order valence-electron chi connectivity index (χ0n) is 15.1. The lowest BCUT2D eigenvalue weighted by Gasteiger charge is -2.07. The van der Waals surface area contributed by atoms with Gasteiger partial charge in [-0.25, -0.2) is 0 Å². The molecule has 0 radical (unpaired) electrons. The molecular weight excluding hydrogens is 386 g/mol. The molecule has 29 heavy (non-hydrogen) atoms. The third-order valence-corrected chi connectivity index (χ3v) is 4.63. The number of furan rings is 1. The van der Waals surface area contributed by atoms with Crippen molar-refractivity contribution >= 4 is 40.2 Å². The van der Waals surface area contributed by atoms with Crippen LogP contribution in [0.25, 0.3) is 28.3 Å². The summed E-state index contributed by atoms with van der Waals surface area (Å²) in [6, 6.07) is 21.8. The van der Waals surface area contributed by atoms with Crippen LogP contribution in [0.4, 0.5) is 5.69 Å². The van der Waals surface area contributed by atoms with Gasteiger partial charge in [0.2, 0.25) is 0 Å². The van der Waals surface area contributed by atoms with E-state index in [9.17, 15) is 10.1 Å². The minimum atomic E-state index is -0.540. The molecule has 6 heteroatoms. The number of aromatic nitrogens is 1. The lowest BCUT2D eigenvalue weighted by atomic mass is 10.1. The summed E-state index contributed by atoms with van der Waals surface area (Å²) < 4.78 is 5.75. The summed E-state index contributed by atoms with van der Waals surface area (Å²) in [5, 5.41) is 13.7. The van der Waals surface area contributed by atoms with Crippen molar-refractivity contribution < 1.29 is 9.21 Å². The Balaban J connectivity index is 1.60. The first-order valence-corrected chi connectivity index (χ1v) is 9.15. The molecule has 4 aromatic rings. The third-order valence-electron chi connectivity index (χ3n) is 4.30. The number of fused-ring (bicyclic) bond motifs is 1. The van der Waals surface area contributed by atoms with Gasteiger partial charge in [-0.3, -0.25) is 9.78 Å². The molecule has 0 atom stereocenters. The number of nitriles is 1. The average molecular weight is 400 g/mol. The Morgan fingerprint density at radius 1 is 1.07 bits per heavy atom. The van der Waals surface area contributed by atoms with Gasteiger partial charge in [0.25, 0.3) is 5.91 Å². The number of para-hydroxylation sites is 1. The van der Waals surface area contributed by atoms with Gasteiger partial charge in [0, 0.05) is 23.2 Å². The normalized spacial score (nSPS) is 11.2. The molecule has 0 fully saturated rings. The van der Waals surface area contributed by atoms with Gasteiger partial charge < -0.3 is 9.73 Å². The van der Waals surface area contributed by atoms with Crippen molar-refractivity contribution in [1.29, 1.82) is 5.26 Å². The number of halogens is 1. The number of pyridine rings is 1. The first-order valence-electron chi connectivity index (χ1n) is 8.77. The highest BCUT2D eigenvalue weighted by Crippen LogP contribution is 2.29. The number of anilines is 1. The zero-order valence-corrected chi connectivity index (χ0v) is 15.9. The van der Waals surface area contributed by atoms with Crippen molar-refractivity contribution in [3.8, 4) is 17.4 Å². The van der Waals surface area contributed by atoms with Crippen molar-refractivity contribution in [2.45, 2.75) is 0 Å². The number of nitrogens with zero attached hydrogens (tertiary/aromatic N) is 2. The Morgan fingerprint density at radius 3 is 2.72 bits per heavy atom. The molecule has 0 aliphatic rings. The van der Waals surface area contributed by atoms with E-state index in [1.807, 2.05) is 48.5 Å². The fourth-order valence-electron chi connectivity index (χ4n) is 2.92. The van der Waals surface area contributed by atoms with Crippen LogP contribution in [0.1, 0.15) is 5.76 Å². The second-order valence-electron chi connectivity index (χ2n) is 6.19. The van der Waals surface area contributed by atoms with E-state index >= 15 is 0 Å². The van der Waals surface area contributed by atoms with Gasteiger partial charge in [0.15, 0.2) is 0 Å². The van der Waals surface area contributed by atoms with E-state index in [2.05, 4.69) is 10.3 Å². The highest BCUT2D eigenvalue weighted by atomic mass is 35.5. The Bertz CT molecular complexity index is 1280. The van der Waals surface area contributed by atoms with Gasteiger partial charge in [-0.15, -0.1) is 0 Å². The fraction of sp³-hybridized carbons (Fsp3) is 0. The molecule has 140 valence electrons. The molecule has 0 unspecified atom stereocenters. The third kappa shape index (κ3) is 3.88. The van der Waals surface area contributed by atoms with E-state index in [0.717, 1.165) is 10.9 Å². The van der Waals surface area contributed by atoms with Crippen LogP contribution in [0.3, 0.4) is 0 Å². The summed E-state index contributed by atoms with van der Waals surface area (Å²) in [6.45, 7) is 0. The van der Waals surface area contributed by atoms with E-state index in [1.54, 1.807) is 30.5 Å². The maximum absolute atomic E-state index is 12.6. The number of hydrogen-bond donors (Lipinski definition) is 1. The number of benzene rings is 2. The van der Waals surface area contributed by atoms with Crippen molar-refractivity contribution in [2.75, 3.05) is 5.32 Å². The molecular formula is C23H14ClN3O2. The Hall–Kier alpha value is -3.88. The topological polar surface area (TPSA) is 78.9 Å². The summed E-state index contributed by atoms with van der Waals surface area (Å²) in [7, 11) is 0. The smallest absolute Gasteiger partial charge is 0.266 e. The minimum absolute atomic E-state index is 0.0852. The number of amides is 1. The van der Waals surface area contributed by atoms with Crippen LogP contribution in [-0.2, 0) is 4.79 Å². The van der Waals surface area contributed by atoms with Crippen LogP contribution in [0.15, 0.2) is 82.9 Å². The summed E-state index contributed by atoms with van der Waals surface area (Å²) in [5.74, 6) is 0.391. The zero-order chi connectivity index (χ0) is 20.2. The monoisotopic (exact) mass is 399 g/mol. The summed E-state index contributed by atoms with van der Waals surface area (Å²) in [4.78, 5) is 16.9. The van der Waals surface area contributed by atoms with E-state index in [1.165, 1.54) is 6.08 Å². The standard InChI is InChI=1S/C23H14ClN3O2/c24-19-8-2-1-7-18(19)21-11-10-17(29-21)13-16(14-25)23(28)27-20-9-3-5-15-6-4-12-26-22(15)20/h1-13H,(H,27,28)/b16-13-. The van der Waals surface area contributed by atoms with Gasteiger partial charge in [0.1, 0.15) is 23.2 Å². The summed E-state index contributed by atoms with van der Waals surface area (Å²) in [6.07, 6.45) is 3.05. The van der Waals surface area contributed by atoms with Crippen LogP contribution in [0, 0.1) is 11.3 Å². The summed E-state index contributed by atoms with van der Waals surface area (Å²) >= 11 is 6.19. The fourth-order valence-corrected chi connectivity index (χ4v) is 3.15. The van der Waals surface area contributed by atoms with Gasteiger partial charge in [-0.05, 0) is 36.4 Å². The first kappa shape index (κ1) is 18.5. The van der Waals surface area contributed by atoms with E-state index < -0.39 is 5.91 Å². The number of rotatable bonds is 4. The molecule has 1 N–H and O–H groups in total. The Kier molecular flexibility index (Phi) is 5.10. The predicted octanol–water partition coefficient (Wildman–Crippen LogP) is 5.69. The van der Waals surface area contributed by atoms with Gasteiger partial charge in [0.05, 0.1) is 16.2 Å². The van der Waals surface area contributed by atoms with Gasteiger partial charge >= 0.3 is 0 Å². The summed E-state index contributed by atoms with van der Waals surface area (Å²) in [5.41, 5.74) is 1.83. The lowest BCUT2D eigenvalue weighted by molar-refractivity contribution is -0.112. The molecule has 0 spiro atoms. The van der Waals surface area contributed by atoms with Crippen LogP contribution in [0.2, 0.25) is 5.02 Å². The minimum Gasteiger partial charge on any atom is -0.457 e. The van der Waals surface area contributed by atoms with Crippen LogP contribution in [0.5, 0.6) is 0 Å².